The normalized spacial score (nSPS) is 15.1. The van der Waals surface area contributed by atoms with Crippen LogP contribution in [0.3, 0.4) is 0 Å². The molecule has 170 valence electrons. The lowest BCUT2D eigenvalue weighted by Crippen LogP contribution is -2.26. The van der Waals surface area contributed by atoms with Gasteiger partial charge in [0.05, 0.1) is 28.3 Å². The van der Waals surface area contributed by atoms with E-state index in [-0.39, 0.29) is 34.7 Å². The fraction of sp³-hybridized carbons (Fsp3) is 0.130. The Hall–Kier alpha value is -3.33. The highest BCUT2D eigenvalue weighted by Gasteiger charge is 2.38. The van der Waals surface area contributed by atoms with Crippen molar-refractivity contribution in [3.63, 3.8) is 0 Å². The number of anilines is 1. The Morgan fingerprint density at radius 1 is 0.848 bits per heavy atom. The Bertz CT molecular complexity index is 1230. The van der Waals surface area contributed by atoms with Gasteiger partial charge in [0.1, 0.15) is 5.84 Å². The van der Waals surface area contributed by atoms with Crippen LogP contribution in [0.15, 0.2) is 71.7 Å². The summed E-state index contributed by atoms with van der Waals surface area (Å²) in [7, 11) is 0. The van der Waals surface area contributed by atoms with Gasteiger partial charge < -0.3 is 4.90 Å². The molecule has 0 atom stereocenters. The second kappa shape index (κ2) is 8.22. The molecule has 3 aromatic carbocycles. The molecular formula is C23H13ClF6N2O. The molecule has 0 aromatic heterocycles. The van der Waals surface area contributed by atoms with Gasteiger partial charge in [-0.2, -0.15) is 31.3 Å². The summed E-state index contributed by atoms with van der Waals surface area (Å²) < 4.78 is 80.2. The monoisotopic (exact) mass is 482 g/mol. The van der Waals surface area contributed by atoms with Crippen LogP contribution in [0.25, 0.3) is 0 Å². The number of hydrogen-bond donors (Lipinski definition) is 0. The molecule has 0 fully saturated rings. The molecule has 0 saturated heterocycles. The molecule has 0 radical (unpaired) electrons. The van der Waals surface area contributed by atoms with E-state index in [2.05, 4.69) is 4.99 Å². The molecule has 1 heterocycles. The van der Waals surface area contributed by atoms with Gasteiger partial charge in [-0.3, -0.25) is 4.79 Å². The van der Waals surface area contributed by atoms with Gasteiger partial charge in [-0.05, 0) is 35.9 Å². The predicted octanol–water partition coefficient (Wildman–Crippen LogP) is 6.98. The molecule has 3 nitrogen and oxygen atoms in total. The number of carbonyl (C=O) groups is 1. The quantitative estimate of drug-likeness (QED) is 0.369. The van der Waals surface area contributed by atoms with E-state index in [1.807, 2.05) is 0 Å². The van der Waals surface area contributed by atoms with Crippen LogP contribution < -0.4 is 4.90 Å². The third-order valence-corrected chi connectivity index (χ3v) is 5.37. The number of benzene rings is 3. The third kappa shape index (κ3) is 4.59. The lowest BCUT2D eigenvalue weighted by atomic mass is 10.1. The first-order valence-corrected chi connectivity index (χ1v) is 9.86. The average Bonchev–Trinajstić information content (AvgIpc) is 3.11. The Labute approximate surface area is 188 Å². The summed E-state index contributed by atoms with van der Waals surface area (Å²) in [5, 5.41) is 0.114. The molecule has 1 aliphatic heterocycles. The highest BCUT2D eigenvalue weighted by Crippen LogP contribution is 2.40. The van der Waals surface area contributed by atoms with E-state index in [4.69, 9.17) is 11.6 Å². The largest absolute Gasteiger partial charge is 0.416 e. The molecule has 3 aromatic rings. The van der Waals surface area contributed by atoms with Crippen LogP contribution in [-0.4, -0.2) is 11.7 Å². The summed E-state index contributed by atoms with van der Waals surface area (Å²) in [5.74, 6) is -0.844. The van der Waals surface area contributed by atoms with E-state index in [1.165, 1.54) is 12.1 Å². The minimum Gasteiger partial charge on any atom is -0.321 e. The molecule has 0 saturated carbocycles. The molecule has 10 heteroatoms. The molecule has 33 heavy (non-hydrogen) atoms. The third-order valence-electron chi connectivity index (χ3n) is 5.04. The first kappa shape index (κ1) is 22.8. The molecule has 4 rings (SSSR count). The van der Waals surface area contributed by atoms with Crippen LogP contribution in [-0.2, 0) is 18.9 Å². The van der Waals surface area contributed by atoms with Gasteiger partial charge in [0.25, 0.3) is 5.91 Å². The molecule has 1 aliphatic rings. The lowest BCUT2D eigenvalue weighted by molar-refractivity contribution is -0.143. The number of amides is 1. The molecule has 0 N–H and O–H groups in total. The van der Waals surface area contributed by atoms with Gasteiger partial charge in [-0.15, -0.1) is 0 Å². The van der Waals surface area contributed by atoms with E-state index in [0.29, 0.717) is 23.3 Å². The fourth-order valence-electron chi connectivity index (χ4n) is 3.49. The summed E-state index contributed by atoms with van der Waals surface area (Å²) in [6.07, 6.45) is -10.0. The fourth-order valence-corrected chi connectivity index (χ4v) is 3.70. The summed E-state index contributed by atoms with van der Waals surface area (Å²) >= 11 is 6.05. The second-order valence-corrected chi connectivity index (χ2v) is 7.63. The van der Waals surface area contributed by atoms with Gasteiger partial charge in [0.2, 0.25) is 0 Å². The van der Waals surface area contributed by atoms with Crippen molar-refractivity contribution in [3.05, 3.63) is 99.6 Å². The lowest BCUT2D eigenvalue weighted by Gasteiger charge is -2.22. The van der Waals surface area contributed by atoms with Crippen molar-refractivity contribution in [2.75, 3.05) is 4.90 Å². The highest BCUT2D eigenvalue weighted by molar-refractivity contribution is 6.34. The SMILES string of the molecule is O=C(N=C1c2ccccc2CN1c1cc(C(F)(F)F)cc(C(F)(F)F)c1)c1ccccc1Cl. The standard InChI is InChI=1S/C23H13ClF6N2O/c24-19-8-4-3-7-18(19)21(33)31-20-17-6-2-1-5-13(17)12-32(20)16-10-14(22(25,26)27)9-15(11-16)23(28,29)30/h1-11H,12H2. The number of amidine groups is 1. The average molecular weight is 483 g/mol. The maximum absolute atomic E-state index is 13.4. The molecule has 0 spiro atoms. The van der Waals surface area contributed by atoms with Crippen molar-refractivity contribution in [1.82, 2.24) is 0 Å². The van der Waals surface area contributed by atoms with E-state index >= 15 is 0 Å². The number of halogens is 7. The smallest absolute Gasteiger partial charge is 0.321 e. The number of alkyl halides is 6. The van der Waals surface area contributed by atoms with Crippen LogP contribution >= 0.6 is 11.6 Å². The first-order valence-electron chi connectivity index (χ1n) is 9.48. The Balaban J connectivity index is 1.88. The van der Waals surface area contributed by atoms with Crippen molar-refractivity contribution in [1.29, 1.82) is 0 Å². The van der Waals surface area contributed by atoms with Crippen molar-refractivity contribution < 1.29 is 31.1 Å². The van der Waals surface area contributed by atoms with Gasteiger partial charge in [-0.25, -0.2) is 0 Å². The topological polar surface area (TPSA) is 32.7 Å². The van der Waals surface area contributed by atoms with Gasteiger partial charge in [0, 0.05) is 11.3 Å². The highest BCUT2D eigenvalue weighted by atomic mass is 35.5. The predicted molar refractivity (Wildman–Crippen MR) is 111 cm³/mol. The van der Waals surface area contributed by atoms with Crippen molar-refractivity contribution in [3.8, 4) is 0 Å². The zero-order valence-electron chi connectivity index (χ0n) is 16.5. The second-order valence-electron chi connectivity index (χ2n) is 7.23. The number of carbonyl (C=O) groups excluding carboxylic acids is 1. The Morgan fingerprint density at radius 2 is 1.42 bits per heavy atom. The Morgan fingerprint density at radius 3 is 2.03 bits per heavy atom. The van der Waals surface area contributed by atoms with Crippen LogP contribution in [0.2, 0.25) is 5.02 Å². The van der Waals surface area contributed by atoms with Crippen LogP contribution in [0.1, 0.15) is 32.6 Å². The number of aliphatic imine (C=N–C) groups is 1. The summed E-state index contributed by atoms with van der Waals surface area (Å²) in [6, 6.07) is 13.9. The number of hydrogen-bond acceptors (Lipinski definition) is 1. The van der Waals surface area contributed by atoms with E-state index < -0.39 is 29.4 Å². The zero-order chi connectivity index (χ0) is 24.0. The molecule has 0 unspecified atom stereocenters. The van der Waals surface area contributed by atoms with Crippen LogP contribution in [0.5, 0.6) is 0 Å². The Kier molecular flexibility index (Phi) is 5.69. The number of rotatable bonds is 2. The molecule has 0 bridgehead atoms. The zero-order valence-corrected chi connectivity index (χ0v) is 17.3. The summed E-state index contributed by atoms with van der Waals surface area (Å²) in [6.45, 7) is -0.0661. The van der Waals surface area contributed by atoms with E-state index in [1.54, 1.807) is 36.4 Å². The summed E-state index contributed by atoms with van der Waals surface area (Å²) in [4.78, 5) is 18.0. The van der Waals surface area contributed by atoms with E-state index in [9.17, 15) is 31.1 Å². The minimum absolute atomic E-state index is 0.0519. The molecular weight excluding hydrogens is 470 g/mol. The minimum atomic E-state index is -5.01. The first-order chi connectivity index (χ1) is 15.4. The van der Waals surface area contributed by atoms with Crippen LogP contribution in [0.4, 0.5) is 32.0 Å². The van der Waals surface area contributed by atoms with Crippen molar-refractivity contribution in [2.45, 2.75) is 18.9 Å². The molecule has 1 amide bonds. The van der Waals surface area contributed by atoms with Crippen molar-refractivity contribution >= 4 is 29.0 Å². The van der Waals surface area contributed by atoms with Gasteiger partial charge in [-0.1, -0.05) is 48.0 Å². The van der Waals surface area contributed by atoms with Crippen molar-refractivity contribution in [2.24, 2.45) is 4.99 Å². The number of nitrogens with zero attached hydrogens (tertiary/aromatic N) is 2. The number of fused-ring (bicyclic) bond motifs is 1. The van der Waals surface area contributed by atoms with Gasteiger partial charge in [0.15, 0.2) is 0 Å². The molecule has 0 aliphatic carbocycles. The van der Waals surface area contributed by atoms with E-state index in [0.717, 1.165) is 4.90 Å². The maximum atomic E-state index is 13.4. The van der Waals surface area contributed by atoms with Crippen LogP contribution in [0, 0.1) is 0 Å². The summed E-state index contributed by atoms with van der Waals surface area (Å²) in [5.41, 5.74) is -2.24. The maximum Gasteiger partial charge on any atom is 0.416 e. The van der Waals surface area contributed by atoms with Gasteiger partial charge >= 0.3 is 12.4 Å².